The van der Waals surface area contributed by atoms with Gasteiger partial charge in [-0.2, -0.15) is 0 Å². The van der Waals surface area contributed by atoms with Gasteiger partial charge in [-0.25, -0.2) is 0 Å². The topological polar surface area (TPSA) is 73.6 Å². The summed E-state index contributed by atoms with van der Waals surface area (Å²) < 4.78 is 11.1. The molecule has 0 saturated heterocycles. The van der Waals surface area contributed by atoms with Gasteiger partial charge in [0, 0.05) is 11.3 Å². The minimum Gasteiger partial charge on any atom is -0.494 e. The average molecular weight is 342 g/mol. The molecule has 0 fully saturated rings. The van der Waals surface area contributed by atoms with E-state index in [1.54, 1.807) is 18.2 Å². The minimum atomic E-state index is -0.214. The molecule has 2 aromatic carbocycles. The van der Waals surface area contributed by atoms with Gasteiger partial charge in [0.2, 0.25) is 0 Å². The molecule has 1 amide bonds. The van der Waals surface area contributed by atoms with Gasteiger partial charge in [-0.05, 0) is 55.3 Å². The highest BCUT2D eigenvalue weighted by Gasteiger charge is 2.09. The summed E-state index contributed by atoms with van der Waals surface area (Å²) in [5, 5.41) is 2.85. The van der Waals surface area contributed by atoms with Crippen molar-refractivity contribution in [1.29, 1.82) is 0 Å². The molecule has 5 heteroatoms. The third-order valence-electron chi connectivity index (χ3n) is 3.61. The zero-order chi connectivity index (χ0) is 18.1. The number of nitrogens with two attached hydrogens (primary N) is 1. The third-order valence-corrected chi connectivity index (χ3v) is 3.61. The SMILES string of the molecule is CCCCOc1ccc(NC(=O)c2ccc(OCCC)c(N)c2)cc1. The van der Waals surface area contributed by atoms with Crippen molar-refractivity contribution in [3.63, 3.8) is 0 Å². The van der Waals surface area contributed by atoms with Gasteiger partial charge in [0.15, 0.2) is 0 Å². The fourth-order valence-corrected chi connectivity index (χ4v) is 2.21. The van der Waals surface area contributed by atoms with E-state index in [1.165, 1.54) is 0 Å². The van der Waals surface area contributed by atoms with Gasteiger partial charge in [0.1, 0.15) is 11.5 Å². The van der Waals surface area contributed by atoms with Crippen LogP contribution in [0.1, 0.15) is 43.5 Å². The van der Waals surface area contributed by atoms with Gasteiger partial charge in [0.05, 0.1) is 18.9 Å². The summed E-state index contributed by atoms with van der Waals surface area (Å²) in [5.74, 6) is 1.19. The normalized spacial score (nSPS) is 10.3. The maximum atomic E-state index is 12.3. The lowest BCUT2D eigenvalue weighted by molar-refractivity contribution is 0.102. The summed E-state index contributed by atoms with van der Waals surface area (Å²) >= 11 is 0. The average Bonchev–Trinajstić information content (AvgIpc) is 2.62. The molecule has 2 aromatic rings. The van der Waals surface area contributed by atoms with Crippen LogP contribution in [0.25, 0.3) is 0 Å². The zero-order valence-corrected chi connectivity index (χ0v) is 14.9. The Hall–Kier alpha value is -2.69. The summed E-state index contributed by atoms with van der Waals surface area (Å²) in [5.41, 5.74) is 7.61. The first kappa shape index (κ1) is 18.6. The van der Waals surface area contributed by atoms with Crippen LogP contribution in [0.5, 0.6) is 11.5 Å². The first-order chi connectivity index (χ1) is 12.1. The van der Waals surface area contributed by atoms with E-state index in [-0.39, 0.29) is 5.91 Å². The lowest BCUT2D eigenvalue weighted by Gasteiger charge is -2.11. The number of rotatable bonds is 9. The molecule has 25 heavy (non-hydrogen) atoms. The number of hydrogen-bond donors (Lipinski definition) is 2. The molecule has 0 bridgehead atoms. The summed E-state index contributed by atoms with van der Waals surface area (Å²) in [7, 11) is 0. The lowest BCUT2D eigenvalue weighted by atomic mass is 10.1. The number of benzene rings is 2. The third kappa shape index (κ3) is 5.71. The van der Waals surface area contributed by atoms with E-state index in [2.05, 4.69) is 12.2 Å². The Balaban J connectivity index is 1.96. The highest BCUT2D eigenvalue weighted by molar-refractivity contribution is 6.05. The molecule has 3 N–H and O–H groups in total. The number of carbonyl (C=O) groups is 1. The highest BCUT2D eigenvalue weighted by atomic mass is 16.5. The van der Waals surface area contributed by atoms with Gasteiger partial charge in [-0.1, -0.05) is 20.3 Å². The van der Waals surface area contributed by atoms with Gasteiger partial charge in [-0.15, -0.1) is 0 Å². The standard InChI is InChI=1S/C20H26N2O3/c1-3-5-13-24-17-9-7-16(8-10-17)22-20(23)15-6-11-19(18(21)14-15)25-12-4-2/h6-11,14H,3-5,12-13,21H2,1-2H3,(H,22,23). The second kappa shape index (κ2) is 9.57. The Bertz CT molecular complexity index is 684. The second-order valence-corrected chi connectivity index (χ2v) is 5.78. The molecule has 0 spiro atoms. The number of anilines is 2. The van der Waals surface area contributed by atoms with Crippen molar-refractivity contribution in [1.82, 2.24) is 0 Å². The first-order valence-electron chi connectivity index (χ1n) is 8.70. The number of amides is 1. The van der Waals surface area contributed by atoms with Crippen LogP contribution in [0.2, 0.25) is 0 Å². The second-order valence-electron chi connectivity index (χ2n) is 5.78. The van der Waals surface area contributed by atoms with E-state index in [9.17, 15) is 4.79 Å². The van der Waals surface area contributed by atoms with Crippen molar-refractivity contribution >= 4 is 17.3 Å². The molecule has 0 heterocycles. The molecule has 0 unspecified atom stereocenters. The monoisotopic (exact) mass is 342 g/mol. The Morgan fingerprint density at radius 2 is 1.76 bits per heavy atom. The molecular formula is C20H26N2O3. The number of nitrogen functional groups attached to an aromatic ring is 1. The first-order valence-corrected chi connectivity index (χ1v) is 8.70. The Kier molecular flexibility index (Phi) is 7.14. The van der Waals surface area contributed by atoms with E-state index in [1.807, 2.05) is 31.2 Å². The van der Waals surface area contributed by atoms with Gasteiger partial charge in [0.25, 0.3) is 5.91 Å². The van der Waals surface area contributed by atoms with E-state index in [0.717, 1.165) is 25.0 Å². The van der Waals surface area contributed by atoms with Crippen molar-refractivity contribution in [2.75, 3.05) is 24.3 Å². The van der Waals surface area contributed by atoms with Crippen molar-refractivity contribution < 1.29 is 14.3 Å². The number of ether oxygens (including phenoxy) is 2. The van der Waals surface area contributed by atoms with Gasteiger partial charge >= 0.3 is 0 Å². The molecule has 0 aromatic heterocycles. The largest absolute Gasteiger partial charge is 0.494 e. The fraction of sp³-hybridized carbons (Fsp3) is 0.350. The lowest BCUT2D eigenvalue weighted by Crippen LogP contribution is -2.12. The van der Waals surface area contributed by atoms with Crippen molar-refractivity contribution in [2.24, 2.45) is 0 Å². The summed E-state index contributed by atoms with van der Waals surface area (Å²) in [6, 6.07) is 12.4. The molecule has 5 nitrogen and oxygen atoms in total. The fourth-order valence-electron chi connectivity index (χ4n) is 2.21. The van der Waals surface area contributed by atoms with Crippen molar-refractivity contribution in [3.8, 4) is 11.5 Å². The van der Waals surface area contributed by atoms with Crippen LogP contribution >= 0.6 is 0 Å². The van der Waals surface area contributed by atoms with Crippen LogP contribution in [-0.4, -0.2) is 19.1 Å². The molecule has 0 aliphatic carbocycles. The van der Waals surface area contributed by atoms with Gasteiger partial charge < -0.3 is 20.5 Å². The Morgan fingerprint density at radius 1 is 1.00 bits per heavy atom. The van der Waals surface area contributed by atoms with E-state index < -0.39 is 0 Å². The van der Waals surface area contributed by atoms with Crippen LogP contribution < -0.4 is 20.5 Å². The molecule has 0 aliphatic rings. The number of unbranched alkanes of at least 4 members (excludes halogenated alkanes) is 1. The quantitative estimate of drug-likeness (QED) is 0.520. The van der Waals surface area contributed by atoms with Crippen molar-refractivity contribution in [3.05, 3.63) is 48.0 Å². The summed E-state index contributed by atoms with van der Waals surface area (Å²) in [6.07, 6.45) is 3.03. The summed E-state index contributed by atoms with van der Waals surface area (Å²) in [4.78, 5) is 12.3. The predicted octanol–water partition coefficient (Wildman–Crippen LogP) is 4.49. The molecular weight excluding hydrogens is 316 g/mol. The number of hydrogen-bond acceptors (Lipinski definition) is 4. The van der Waals surface area contributed by atoms with Crippen molar-refractivity contribution in [2.45, 2.75) is 33.1 Å². The minimum absolute atomic E-state index is 0.214. The molecule has 134 valence electrons. The zero-order valence-electron chi connectivity index (χ0n) is 14.9. The van der Waals surface area contributed by atoms with E-state index in [0.29, 0.717) is 35.9 Å². The van der Waals surface area contributed by atoms with Crippen LogP contribution in [-0.2, 0) is 0 Å². The maximum absolute atomic E-state index is 12.3. The van der Waals surface area contributed by atoms with Crippen LogP contribution in [0, 0.1) is 0 Å². The maximum Gasteiger partial charge on any atom is 0.255 e. The molecule has 0 atom stereocenters. The molecule has 2 rings (SSSR count). The molecule has 0 saturated carbocycles. The summed E-state index contributed by atoms with van der Waals surface area (Å²) in [6.45, 7) is 5.45. The highest BCUT2D eigenvalue weighted by Crippen LogP contribution is 2.23. The van der Waals surface area contributed by atoms with Crippen LogP contribution in [0.15, 0.2) is 42.5 Å². The number of nitrogens with one attached hydrogen (secondary N) is 1. The van der Waals surface area contributed by atoms with E-state index >= 15 is 0 Å². The van der Waals surface area contributed by atoms with E-state index in [4.69, 9.17) is 15.2 Å². The predicted molar refractivity (Wildman–Crippen MR) is 101 cm³/mol. The molecule has 0 radical (unpaired) electrons. The Labute approximate surface area is 149 Å². The number of carbonyl (C=O) groups excluding carboxylic acids is 1. The smallest absolute Gasteiger partial charge is 0.255 e. The molecule has 0 aliphatic heterocycles. The van der Waals surface area contributed by atoms with Crippen LogP contribution in [0.3, 0.4) is 0 Å². The Morgan fingerprint density at radius 3 is 2.40 bits per heavy atom. The van der Waals surface area contributed by atoms with Crippen LogP contribution in [0.4, 0.5) is 11.4 Å². The van der Waals surface area contributed by atoms with Gasteiger partial charge in [-0.3, -0.25) is 4.79 Å².